The van der Waals surface area contributed by atoms with Crippen molar-refractivity contribution in [1.29, 1.82) is 0 Å². The van der Waals surface area contributed by atoms with Gasteiger partial charge < -0.3 is 9.73 Å². The molecule has 0 amide bonds. The van der Waals surface area contributed by atoms with Crippen LogP contribution < -0.4 is 5.32 Å². The maximum absolute atomic E-state index is 5.69. The standard InChI is InChI=1S/C17H16BrN3O/c1-11-3-5-13(6-4-11)17-21-20-16(22-17)10-19-14-7-8-15(18)12(2)9-14/h3-9,19H,10H2,1-2H3. The average molecular weight is 358 g/mol. The summed E-state index contributed by atoms with van der Waals surface area (Å²) in [5.41, 5.74) is 4.34. The molecule has 3 rings (SSSR count). The number of anilines is 1. The summed E-state index contributed by atoms with van der Waals surface area (Å²) in [5.74, 6) is 1.11. The monoisotopic (exact) mass is 357 g/mol. The summed E-state index contributed by atoms with van der Waals surface area (Å²) in [7, 11) is 0. The molecule has 0 radical (unpaired) electrons. The normalized spacial score (nSPS) is 10.7. The van der Waals surface area contributed by atoms with Gasteiger partial charge in [-0.2, -0.15) is 0 Å². The Labute approximate surface area is 137 Å². The van der Waals surface area contributed by atoms with Crippen LogP contribution in [0.25, 0.3) is 11.5 Å². The summed E-state index contributed by atoms with van der Waals surface area (Å²) in [6.07, 6.45) is 0. The second-order valence-electron chi connectivity index (χ2n) is 5.18. The second kappa shape index (κ2) is 6.32. The minimum atomic E-state index is 0.500. The van der Waals surface area contributed by atoms with Gasteiger partial charge in [-0.05, 0) is 49.7 Å². The molecule has 1 heterocycles. The van der Waals surface area contributed by atoms with E-state index in [1.807, 2.05) is 43.3 Å². The van der Waals surface area contributed by atoms with E-state index in [2.05, 4.69) is 44.4 Å². The molecule has 112 valence electrons. The molecular formula is C17H16BrN3O. The van der Waals surface area contributed by atoms with Crippen molar-refractivity contribution in [2.45, 2.75) is 20.4 Å². The van der Waals surface area contributed by atoms with Gasteiger partial charge in [-0.25, -0.2) is 0 Å². The number of benzene rings is 2. The van der Waals surface area contributed by atoms with E-state index in [1.165, 1.54) is 11.1 Å². The first-order chi connectivity index (χ1) is 10.6. The molecule has 0 atom stereocenters. The van der Waals surface area contributed by atoms with Crippen molar-refractivity contribution < 1.29 is 4.42 Å². The number of hydrogen-bond donors (Lipinski definition) is 1. The van der Waals surface area contributed by atoms with Crippen molar-refractivity contribution in [3.05, 3.63) is 64.0 Å². The maximum atomic E-state index is 5.69. The molecule has 4 nitrogen and oxygen atoms in total. The minimum Gasteiger partial charge on any atom is -0.419 e. The van der Waals surface area contributed by atoms with Crippen LogP contribution in [0.1, 0.15) is 17.0 Å². The molecular weight excluding hydrogens is 342 g/mol. The van der Waals surface area contributed by atoms with Crippen molar-refractivity contribution in [3.8, 4) is 11.5 Å². The van der Waals surface area contributed by atoms with Gasteiger partial charge in [0.1, 0.15) is 0 Å². The molecule has 0 saturated heterocycles. The molecule has 0 bridgehead atoms. The van der Waals surface area contributed by atoms with Crippen LogP contribution in [-0.2, 0) is 6.54 Å². The fourth-order valence-corrected chi connectivity index (χ4v) is 2.32. The van der Waals surface area contributed by atoms with Gasteiger partial charge in [-0.15, -0.1) is 10.2 Å². The van der Waals surface area contributed by atoms with E-state index in [9.17, 15) is 0 Å². The lowest BCUT2D eigenvalue weighted by Gasteiger charge is -2.05. The molecule has 1 N–H and O–H groups in total. The summed E-state index contributed by atoms with van der Waals surface area (Å²) in [5, 5.41) is 11.5. The Kier molecular flexibility index (Phi) is 4.24. The SMILES string of the molecule is Cc1ccc(-c2nnc(CNc3ccc(Br)c(C)c3)o2)cc1. The Hall–Kier alpha value is -2.14. The quantitative estimate of drug-likeness (QED) is 0.733. The third-order valence-electron chi connectivity index (χ3n) is 3.37. The molecule has 2 aromatic carbocycles. The highest BCUT2D eigenvalue weighted by molar-refractivity contribution is 9.10. The van der Waals surface area contributed by atoms with E-state index >= 15 is 0 Å². The van der Waals surface area contributed by atoms with Crippen LogP contribution in [0.15, 0.2) is 51.4 Å². The van der Waals surface area contributed by atoms with Crippen LogP contribution in [0.2, 0.25) is 0 Å². The van der Waals surface area contributed by atoms with Crippen molar-refractivity contribution in [1.82, 2.24) is 10.2 Å². The molecule has 0 fully saturated rings. The van der Waals surface area contributed by atoms with Crippen molar-refractivity contribution in [2.75, 3.05) is 5.32 Å². The van der Waals surface area contributed by atoms with Gasteiger partial charge in [-0.3, -0.25) is 0 Å². The zero-order chi connectivity index (χ0) is 15.5. The van der Waals surface area contributed by atoms with E-state index in [4.69, 9.17) is 4.42 Å². The van der Waals surface area contributed by atoms with Gasteiger partial charge in [0.15, 0.2) is 0 Å². The van der Waals surface area contributed by atoms with Crippen LogP contribution in [0.5, 0.6) is 0 Å². The van der Waals surface area contributed by atoms with Crippen LogP contribution in [-0.4, -0.2) is 10.2 Å². The molecule has 0 saturated carbocycles. The zero-order valence-corrected chi connectivity index (χ0v) is 14.0. The van der Waals surface area contributed by atoms with Gasteiger partial charge in [0.2, 0.25) is 11.8 Å². The molecule has 0 aliphatic rings. The second-order valence-corrected chi connectivity index (χ2v) is 6.04. The summed E-state index contributed by atoms with van der Waals surface area (Å²) >= 11 is 3.49. The molecule has 0 unspecified atom stereocenters. The summed E-state index contributed by atoms with van der Waals surface area (Å²) in [4.78, 5) is 0. The third-order valence-corrected chi connectivity index (χ3v) is 4.26. The highest BCUT2D eigenvalue weighted by atomic mass is 79.9. The predicted octanol–water partition coefficient (Wildman–Crippen LogP) is 4.73. The number of rotatable bonds is 4. The first kappa shape index (κ1) is 14.8. The molecule has 0 spiro atoms. The Balaban J connectivity index is 1.69. The van der Waals surface area contributed by atoms with E-state index in [0.717, 1.165) is 15.7 Å². The first-order valence-electron chi connectivity index (χ1n) is 7.01. The first-order valence-corrected chi connectivity index (χ1v) is 7.80. The molecule has 5 heteroatoms. The molecule has 3 aromatic rings. The van der Waals surface area contributed by atoms with Gasteiger partial charge >= 0.3 is 0 Å². The maximum Gasteiger partial charge on any atom is 0.247 e. The lowest BCUT2D eigenvalue weighted by molar-refractivity contribution is 0.515. The molecule has 0 aliphatic carbocycles. The van der Waals surface area contributed by atoms with E-state index < -0.39 is 0 Å². The highest BCUT2D eigenvalue weighted by Crippen LogP contribution is 2.21. The topological polar surface area (TPSA) is 51.0 Å². The lowest BCUT2D eigenvalue weighted by atomic mass is 10.1. The number of hydrogen-bond acceptors (Lipinski definition) is 4. The van der Waals surface area contributed by atoms with Crippen molar-refractivity contribution in [2.24, 2.45) is 0 Å². The van der Waals surface area contributed by atoms with Crippen LogP contribution in [0, 0.1) is 13.8 Å². The molecule has 22 heavy (non-hydrogen) atoms. The van der Waals surface area contributed by atoms with Gasteiger partial charge in [0.05, 0.1) is 6.54 Å². The van der Waals surface area contributed by atoms with Crippen molar-refractivity contribution >= 4 is 21.6 Å². The van der Waals surface area contributed by atoms with E-state index in [0.29, 0.717) is 18.3 Å². The van der Waals surface area contributed by atoms with Crippen molar-refractivity contribution in [3.63, 3.8) is 0 Å². The van der Waals surface area contributed by atoms with E-state index in [-0.39, 0.29) is 0 Å². The van der Waals surface area contributed by atoms with Crippen LogP contribution in [0.4, 0.5) is 5.69 Å². The Morgan fingerprint density at radius 3 is 2.55 bits per heavy atom. The summed E-state index contributed by atoms with van der Waals surface area (Å²) < 4.78 is 6.79. The summed E-state index contributed by atoms with van der Waals surface area (Å²) in [6.45, 7) is 4.60. The Bertz CT molecular complexity index is 781. The van der Waals surface area contributed by atoms with Crippen LogP contribution in [0.3, 0.4) is 0 Å². The fourth-order valence-electron chi connectivity index (χ4n) is 2.07. The smallest absolute Gasteiger partial charge is 0.247 e. The zero-order valence-electron chi connectivity index (χ0n) is 12.4. The number of nitrogens with zero attached hydrogens (tertiary/aromatic N) is 2. The average Bonchev–Trinajstić information content (AvgIpc) is 2.98. The fraction of sp³-hybridized carbons (Fsp3) is 0.176. The Morgan fingerprint density at radius 2 is 1.82 bits per heavy atom. The molecule has 0 aliphatic heterocycles. The third kappa shape index (κ3) is 3.36. The highest BCUT2D eigenvalue weighted by Gasteiger charge is 2.08. The van der Waals surface area contributed by atoms with Gasteiger partial charge in [-0.1, -0.05) is 33.6 Å². The predicted molar refractivity (Wildman–Crippen MR) is 90.7 cm³/mol. The number of nitrogens with one attached hydrogen (secondary N) is 1. The number of aryl methyl sites for hydroxylation is 2. The summed E-state index contributed by atoms with van der Waals surface area (Å²) in [6, 6.07) is 14.1. The lowest BCUT2D eigenvalue weighted by Crippen LogP contribution is -1.99. The van der Waals surface area contributed by atoms with E-state index in [1.54, 1.807) is 0 Å². The largest absolute Gasteiger partial charge is 0.419 e. The van der Waals surface area contributed by atoms with Gasteiger partial charge in [0.25, 0.3) is 0 Å². The Morgan fingerprint density at radius 1 is 1.05 bits per heavy atom. The van der Waals surface area contributed by atoms with Gasteiger partial charge in [0, 0.05) is 15.7 Å². The number of aromatic nitrogens is 2. The minimum absolute atomic E-state index is 0.500. The number of halogens is 1. The van der Waals surface area contributed by atoms with Crippen LogP contribution >= 0.6 is 15.9 Å². The molecule has 1 aromatic heterocycles.